The fraction of sp³-hybridized carbons (Fsp3) is 0.375. The molecule has 0 aliphatic heterocycles. The number of hydrogen-bond acceptors (Lipinski definition) is 3. The third-order valence-corrected chi connectivity index (χ3v) is 3.38. The van der Waals surface area contributed by atoms with Gasteiger partial charge in [-0.1, -0.05) is 32.0 Å². The number of rotatable bonds is 5. The second-order valence-corrected chi connectivity index (χ2v) is 5.39. The largest absolute Gasteiger partial charge is 0.303 e. The number of hydroxylamine groups is 1. The summed E-state index contributed by atoms with van der Waals surface area (Å²) in [6.07, 6.45) is 0.825. The minimum Gasteiger partial charge on any atom is -0.303 e. The number of amides is 1. The molecule has 0 aliphatic rings. The number of carbonyl (C=O) groups is 1. The van der Waals surface area contributed by atoms with Gasteiger partial charge in [0.15, 0.2) is 0 Å². The lowest BCUT2D eigenvalue weighted by molar-refractivity contribution is 0.0526. The Bertz CT molecular complexity index is 704. The van der Waals surface area contributed by atoms with Crippen LogP contribution in [0.2, 0.25) is 0 Å². The maximum atomic E-state index is 12.6. The van der Waals surface area contributed by atoms with Gasteiger partial charge in [-0.05, 0) is 29.9 Å². The van der Waals surface area contributed by atoms with Crippen molar-refractivity contribution < 1.29 is 9.63 Å². The highest BCUT2D eigenvalue weighted by molar-refractivity contribution is 5.96. The number of nitrogens with zero attached hydrogens (tertiary/aromatic N) is 1. The van der Waals surface area contributed by atoms with Crippen molar-refractivity contribution in [2.24, 2.45) is 5.92 Å². The lowest BCUT2D eigenvalue weighted by atomic mass is 10.1. The lowest BCUT2D eigenvalue weighted by Crippen LogP contribution is -2.32. The van der Waals surface area contributed by atoms with Crippen LogP contribution in [0.5, 0.6) is 0 Å². The van der Waals surface area contributed by atoms with Gasteiger partial charge in [0.2, 0.25) is 0 Å². The first-order valence-corrected chi connectivity index (χ1v) is 7.00. The smallest absolute Gasteiger partial charge is 0.291 e. The number of carbonyl (C=O) groups excluding carboxylic acids is 1. The molecule has 0 radical (unpaired) electrons. The normalized spacial score (nSPS) is 11.0. The topological polar surface area (TPSA) is 60.3 Å². The Morgan fingerprint density at radius 1 is 1.33 bits per heavy atom. The Morgan fingerprint density at radius 3 is 2.71 bits per heavy atom. The zero-order valence-corrected chi connectivity index (χ0v) is 12.6. The van der Waals surface area contributed by atoms with Gasteiger partial charge >= 0.3 is 0 Å². The molecular weight excluding hydrogens is 268 g/mol. The number of pyridine rings is 1. The van der Waals surface area contributed by atoms with Crippen LogP contribution in [-0.4, -0.2) is 17.6 Å². The zero-order chi connectivity index (χ0) is 15.4. The van der Waals surface area contributed by atoms with Crippen LogP contribution in [0.3, 0.4) is 0 Å². The fourth-order valence-corrected chi connectivity index (χ4v) is 2.24. The van der Waals surface area contributed by atoms with Gasteiger partial charge < -0.3 is 4.57 Å². The van der Waals surface area contributed by atoms with E-state index in [-0.39, 0.29) is 5.56 Å². The van der Waals surface area contributed by atoms with Crippen molar-refractivity contribution in [3.63, 3.8) is 0 Å². The first kappa shape index (κ1) is 15.3. The predicted octanol–water partition coefficient (Wildman–Crippen LogP) is 2.34. The summed E-state index contributed by atoms with van der Waals surface area (Å²) < 4.78 is 1.52. The number of benzene rings is 1. The summed E-state index contributed by atoms with van der Waals surface area (Å²) in [7, 11) is 1.37. The first-order chi connectivity index (χ1) is 10.0. The highest BCUT2D eigenvalue weighted by Gasteiger charge is 2.15. The van der Waals surface area contributed by atoms with Crippen molar-refractivity contribution >= 4 is 16.7 Å². The second-order valence-electron chi connectivity index (χ2n) is 5.39. The molecule has 0 unspecified atom stereocenters. The molecule has 21 heavy (non-hydrogen) atoms. The monoisotopic (exact) mass is 288 g/mol. The average Bonchev–Trinajstić information content (AvgIpc) is 2.46. The number of hydrogen-bond donors (Lipinski definition) is 1. The van der Waals surface area contributed by atoms with E-state index in [4.69, 9.17) is 0 Å². The van der Waals surface area contributed by atoms with Gasteiger partial charge in [0.1, 0.15) is 5.69 Å². The molecule has 0 saturated heterocycles. The highest BCUT2D eigenvalue weighted by Crippen LogP contribution is 2.13. The van der Waals surface area contributed by atoms with Crippen LogP contribution in [0, 0.1) is 5.92 Å². The third kappa shape index (κ3) is 3.31. The van der Waals surface area contributed by atoms with Crippen LogP contribution in [0.25, 0.3) is 10.8 Å². The van der Waals surface area contributed by atoms with Gasteiger partial charge in [-0.25, -0.2) is 5.48 Å². The van der Waals surface area contributed by atoms with E-state index in [9.17, 15) is 9.59 Å². The van der Waals surface area contributed by atoms with Gasteiger partial charge in [0.05, 0.1) is 7.11 Å². The average molecular weight is 288 g/mol. The summed E-state index contributed by atoms with van der Waals surface area (Å²) in [6, 6.07) is 9.00. The van der Waals surface area contributed by atoms with Crippen molar-refractivity contribution in [1.29, 1.82) is 0 Å². The molecule has 0 saturated carbocycles. The molecule has 0 bridgehead atoms. The Kier molecular flexibility index (Phi) is 4.75. The summed E-state index contributed by atoms with van der Waals surface area (Å²) in [4.78, 5) is 29.4. The van der Waals surface area contributed by atoms with E-state index in [1.54, 1.807) is 12.1 Å². The summed E-state index contributed by atoms with van der Waals surface area (Å²) in [5.74, 6) is 0.0332. The standard InChI is InChI=1S/C16H20N2O3/c1-11(2)8-9-18-14(15(19)17-21-3)10-12-6-4-5-7-13(12)16(18)20/h4-7,10-11H,8-9H2,1-3H3,(H,17,19). The van der Waals surface area contributed by atoms with E-state index in [2.05, 4.69) is 24.2 Å². The zero-order valence-electron chi connectivity index (χ0n) is 12.6. The lowest BCUT2D eigenvalue weighted by Gasteiger charge is -2.14. The van der Waals surface area contributed by atoms with Crippen LogP contribution < -0.4 is 11.0 Å². The maximum Gasteiger partial charge on any atom is 0.291 e. The van der Waals surface area contributed by atoms with E-state index in [1.165, 1.54) is 11.7 Å². The van der Waals surface area contributed by atoms with E-state index in [0.29, 0.717) is 23.5 Å². The van der Waals surface area contributed by atoms with Crippen LogP contribution in [-0.2, 0) is 11.4 Å². The van der Waals surface area contributed by atoms with Crippen molar-refractivity contribution in [3.8, 4) is 0 Å². The summed E-state index contributed by atoms with van der Waals surface area (Å²) >= 11 is 0. The molecule has 0 fully saturated rings. The summed E-state index contributed by atoms with van der Waals surface area (Å²) in [5, 5.41) is 1.37. The molecule has 1 aromatic heterocycles. The predicted molar refractivity (Wildman–Crippen MR) is 82.1 cm³/mol. The highest BCUT2D eigenvalue weighted by atomic mass is 16.6. The molecular formula is C16H20N2O3. The fourth-order valence-electron chi connectivity index (χ4n) is 2.24. The molecule has 1 heterocycles. The van der Waals surface area contributed by atoms with Gasteiger partial charge in [0.25, 0.3) is 11.5 Å². The summed E-state index contributed by atoms with van der Waals surface area (Å²) in [5.41, 5.74) is 2.46. The molecule has 0 atom stereocenters. The van der Waals surface area contributed by atoms with Crippen LogP contribution in [0.4, 0.5) is 0 Å². The van der Waals surface area contributed by atoms with Crippen molar-refractivity contribution in [2.75, 3.05) is 7.11 Å². The minimum absolute atomic E-state index is 0.144. The Labute approximate surface area is 123 Å². The molecule has 112 valence electrons. The number of nitrogens with one attached hydrogen (secondary N) is 1. The molecule has 1 amide bonds. The van der Waals surface area contributed by atoms with E-state index < -0.39 is 5.91 Å². The van der Waals surface area contributed by atoms with Gasteiger partial charge in [-0.15, -0.1) is 0 Å². The first-order valence-electron chi connectivity index (χ1n) is 7.00. The molecule has 0 aliphatic carbocycles. The maximum absolute atomic E-state index is 12.6. The van der Waals surface area contributed by atoms with Crippen molar-refractivity contribution in [1.82, 2.24) is 10.0 Å². The SMILES string of the molecule is CONC(=O)c1cc2ccccc2c(=O)n1CCC(C)C. The van der Waals surface area contributed by atoms with Crippen LogP contribution in [0.1, 0.15) is 30.8 Å². The molecule has 0 spiro atoms. The third-order valence-electron chi connectivity index (χ3n) is 3.38. The second kappa shape index (κ2) is 6.54. The Balaban J connectivity index is 2.59. The van der Waals surface area contributed by atoms with Crippen molar-refractivity contribution in [2.45, 2.75) is 26.8 Å². The molecule has 1 aromatic carbocycles. The van der Waals surface area contributed by atoms with E-state index >= 15 is 0 Å². The number of fused-ring (bicyclic) bond motifs is 1. The summed E-state index contributed by atoms with van der Waals surface area (Å²) in [6.45, 7) is 4.68. The Hall–Kier alpha value is -2.14. The number of aromatic nitrogens is 1. The molecule has 2 aromatic rings. The van der Waals surface area contributed by atoms with E-state index in [1.807, 2.05) is 18.2 Å². The molecule has 5 heteroatoms. The quantitative estimate of drug-likeness (QED) is 0.859. The van der Waals surface area contributed by atoms with E-state index in [0.717, 1.165) is 11.8 Å². The molecule has 1 N–H and O–H groups in total. The van der Waals surface area contributed by atoms with Gasteiger partial charge in [-0.3, -0.25) is 14.4 Å². The van der Waals surface area contributed by atoms with Gasteiger partial charge in [0, 0.05) is 11.9 Å². The van der Waals surface area contributed by atoms with Gasteiger partial charge in [-0.2, -0.15) is 0 Å². The Morgan fingerprint density at radius 2 is 2.05 bits per heavy atom. The van der Waals surface area contributed by atoms with Crippen molar-refractivity contribution in [3.05, 3.63) is 46.4 Å². The van der Waals surface area contributed by atoms with Crippen LogP contribution >= 0.6 is 0 Å². The molecule has 5 nitrogen and oxygen atoms in total. The minimum atomic E-state index is -0.413. The molecule has 2 rings (SSSR count). The van der Waals surface area contributed by atoms with Crippen LogP contribution in [0.15, 0.2) is 35.1 Å².